The van der Waals surface area contributed by atoms with Gasteiger partial charge < -0.3 is 15.5 Å². The Labute approximate surface area is 126 Å². The van der Waals surface area contributed by atoms with Crippen LogP contribution in [0, 0.1) is 0 Å². The maximum absolute atomic E-state index is 11.0. The molecule has 3 N–H and O–H groups in total. The highest BCUT2D eigenvalue weighted by Gasteiger charge is 2.30. The molecular weight excluding hydrogens is 266 g/mol. The van der Waals surface area contributed by atoms with E-state index in [-0.39, 0.29) is 11.8 Å². The number of hydrogen-bond acceptors (Lipinski definition) is 3. The zero-order chi connectivity index (χ0) is 15.6. The fraction of sp³-hybridized carbons (Fsp3) is 0.588. The van der Waals surface area contributed by atoms with E-state index < -0.39 is 18.1 Å². The van der Waals surface area contributed by atoms with Crippen molar-refractivity contribution in [1.82, 2.24) is 5.32 Å². The summed E-state index contributed by atoms with van der Waals surface area (Å²) in [5.74, 6) is -0.890. The van der Waals surface area contributed by atoms with Crippen molar-refractivity contribution in [3.8, 4) is 0 Å². The van der Waals surface area contributed by atoms with Crippen LogP contribution in [-0.4, -0.2) is 28.3 Å². The number of aliphatic hydroxyl groups excluding tert-OH is 1. The average molecular weight is 291 g/mol. The van der Waals surface area contributed by atoms with Crippen molar-refractivity contribution >= 4 is 5.97 Å². The summed E-state index contributed by atoms with van der Waals surface area (Å²) in [5.41, 5.74) is 2.03. The average Bonchev–Trinajstić information content (AvgIpc) is 3.20. The molecule has 0 aromatic heterocycles. The van der Waals surface area contributed by atoms with Gasteiger partial charge in [0.15, 0.2) is 0 Å². The molecule has 0 bridgehead atoms. The summed E-state index contributed by atoms with van der Waals surface area (Å²) in [7, 11) is 0. The number of nitrogens with one attached hydrogen (secondary N) is 1. The second-order valence-electron chi connectivity index (χ2n) is 6.96. The molecule has 21 heavy (non-hydrogen) atoms. The molecule has 2 atom stereocenters. The van der Waals surface area contributed by atoms with Crippen molar-refractivity contribution < 1.29 is 15.0 Å². The summed E-state index contributed by atoms with van der Waals surface area (Å²) in [6, 6.07) is 7.73. The lowest BCUT2D eigenvalue weighted by Crippen LogP contribution is -2.38. The van der Waals surface area contributed by atoms with E-state index in [1.807, 2.05) is 24.3 Å². The van der Waals surface area contributed by atoms with Gasteiger partial charge >= 0.3 is 5.97 Å². The van der Waals surface area contributed by atoms with Crippen LogP contribution < -0.4 is 5.32 Å². The number of carboxylic acid groups (broad SMARTS) is 1. The molecule has 1 aromatic rings. The topological polar surface area (TPSA) is 69.6 Å². The quantitative estimate of drug-likeness (QED) is 0.753. The number of rotatable bonds is 6. The molecule has 2 unspecified atom stereocenters. The SMILES string of the molecule is CC(C)(C)c1ccc(C(O)C(CC(=O)O)NC2CC2)cc1. The van der Waals surface area contributed by atoms with Crippen molar-refractivity contribution in [2.45, 2.75) is 63.6 Å². The molecule has 1 fully saturated rings. The van der Waals surface area contributed by atoms with Crippen LogP contribution in [0.15, 0.2) is 24.3 Å². The van der Waals surface area contributed by atoms with Gasteiger partial charge in [0.2, 0.25) is 0 Å². The van der Waals surface area contributed by atoms with Gasteiger partial charge in [-0.2, -0.15) is 0 Å². The number of hydrogen-bond donors (Lipinski definition) is 3. The second kappa shape index (κ2) is 6.16. The highest BCUT2D eigenvalue weighted by atomic mass is 16.4. The molecule has 1 aliphatic carbocycles. The maximum atomic E-state index is 11.0. The molecule has 4 nitrogen and oxygen atoms in total. The first kappa shape index (κ1) is 16.0. The monoisotopic (exact) mass is 291 g/mol. The first-order valence-electron chi connectivity index (χ1n) is 7.53. The minimum absolute atomic E-state index is 0.0657. The van der Waals surface area contributed by atoms with Crippen LogP contribution in [0.2, 0.25) is 0 Å². The Bertz CT molecular complexity index is 486. The zero-order valence-corrected chi connectivity index (χ0v) is 13.0. The van der Waals surface area contributed by atoms with E-state index in [0.717, 1.165) is 18.4 Å². The van der Waals surface area contributed by atoms with Gasteiger partial charge in [-0.3, -0.25) is 4.79 Å². The Morgan fingerprint density at radius 3 is 2.29 bits per heavy atom. The van der Waals surface area contributed by atoms with E-state index in [1.165, 1.54) is 5.56 Å². The minimum Gasteiger partial charge on any atom is -0.481 e. The van der Waals surface area contributed by atoms with Gasteiger partial charge in [0.05, 0.1) is 12.5 Å². The third-order valence-electron chi connectivity index (χ3n) is 3.92. The summed E-state index contributed by atoms with van der Waals surface area (Å²) in [5, 5.41) is 22.7. The van der Waals surface area contributed by atoms with Gasteiger partial charge in [0.1, 0.15) is 0 Å². The van der Waals surface area contributed by atoms with Crippen LogP contribution in [0.4, 0.5) is 0 Å². The van der Waals surface area contributed by atoms with Crippen LogP contribution in [0.3, 0.4) is 0 Å². The van der Waals surface area contributed by atoms with Crippen molar-refractivity contribution in [2.75, 3.05) is 0 Å². The van der Waals surface area contributed by atoms with E-state index >= 15 is 0 Å². The molecular formula is C17H25NO3. The Balaban J connectivity index is 2.11. The third kappa shape index (κ3) is 4.55. The van der Waals surface area contributed by atoms with Gasteiger partial charge in [0, 0.05) is 12.1 Å². The highest BCUT2D eigenvalue weighted by Crippen LogP contribution is 2.28. The van der Waals surface area contributed by atoms with Gasteiger partial charge in [-0.1, -0.05) is 45.0 Å². The normalized spacial score (nSPS) is 18.3. The van der Waals surface area contributed by atoms with Crippen LogP contribution >= 0.6 is 0 Å². The van der Waals surface area contributed by atoms with Crippen LogP contribution in [0.25, 0.3) is 0 Å². The molecule has 0 spiro atoms. The predicted molar refractivity (Wildman–Crippen MR) is 82.3 cm³/mol. The van der Waals surface area contributed by atoms with Gasteiger partial charge in [-0.25, -0.2) is 0 Å². The lowest BCUT2D eigenvalue weighted by Gasteiger charge is -2.24. The number of aliphatic hydroxyl groups is 1. The predicted octanol–water partition coefficient (Wildman–Crippen LogP) is 2.61. The number of aliphatic carboxylic acids is 1. The van der Waals surface area contributed by atoms with E-state index in [1.54, 1.807) is 0 Å². The number of carboxylic acids is 1. The minimum atomic E-state index is -0.890. The lowest BCUT2D eigenvalue weighted by atomic mass is 9.86. The summed E-state index contributed by atoms with van der Waals surface area (Å²) in [6.45, 7) is 6.42. The first-order chi connectivity index (χ1) is 9.77. The number of benzene rings is 1. The Hall–Kier alpha value is -1.39. The van der Waals surface area contributed by atoms with Crippen LogP contribution in [0.5, 0.6) is 0 Å². The molecule has 0 amide bonds. The Morgan fingerprint density at radius 2 is 1.86 bits per heavy atom. The zero-order valence-electron chi connectivity index (χ0n) is 13.0. The molecule has 116 valence electrons. The van der Waals surface area contributed by atoms with Crippen LogP contribution in [-0.2, 0) is 10.2 Å². The standard InChI is InChI=1S/C17H25NO3/c1-17(2,3)12-6-4-11(5-7-12)16(21)14(10-15(19)20)18-13-8-9-13/h4-7,13-14,16,18,21H,8-10H2,1-3H3,(H,19,20). The first-order valence-corrected chi connectivity index (χ1v) is 7.53. The second-order valence-corrected chi connectivity index (χ2v) is 6.96. The molecule has 2 rings (SSSR count). The molecule has 4 heteroatoms. The van der Waals surface area contributed by atoms with Crippen LogP contribution in [0.1, 0.15) is 57.3 Å². The highest BCUT2D eigenvalue weighted by molar-refractivity contribution is 5.67. The molecule has 0 aliphatic heterocycles. The van der Waals surface area contributed by atoms with Crippen molar-refractivity contribution in [3.63, 3.8) is 0 Å². The van der Waals surface area contributed by atoms with E-state index in [2.05, 4.69) is 26.1 Å². The largest absolute Gasteiger partial charge is 0.481 e. The summed E-state index contributed by atoms with van der Waals surface area (Å²) < 4.78 is 0. The molecule has 1 aromatic carbocycles. The Morgan fingerprint density at radius 1 is 1.29 bits per heavy atom. The maximum Gasteiger partial charge on any atom is 0.305 e. The molecule has 1 saturated carbocycles. The molecule has 1 aliphatic rings. The van der Waals surface area contributed by atoms with Gasteiger partial charge in [0.25, 0.3) is 0 Å². The van der Waals surface area contributed by atoms with Crippen molar-refractivity contribution in [3.05, 3.63) is 35.4 Å². The smallest absolute Gasteiger partial charge is 0.305 e. The summed E-state index contributed by atoms with van der Waals surface area (Å²) >= 11 is 0. The molecule has 0 saturated heterocycles. The van der Waals surface area contributed by atoms with Gasteiger partial charge in [-0.05, 0) is 29.4 Å². The lowest BCUT2D eigenvalue weighted by molar-refractivity contribution is -0.138. The molecule has 0 radical (unpaired) electrons. The fourth-order valence-corrected chi connectivity index (χ4v) is 2.42. The van der Waals surface area contributed by atoms with Crippen molar-refractivity contribution in [1.29, 1.82) is 0 Å². The van der Waals surface area contributed by atoms with E-state index in [0.29, 0.717) is 6.04 Å². The number of carbonyl (C=O) groups is 1. The molecule has 0 heterocycles. The summed E-state index contributed by atoms with van der Waals surface area (Å²) in [6.07, 6.45) is 1.26. The summed E-state index contributed by atoms with van der Waals surface area (Å²) in [4.78, 5) is 11.0. The van der Waals surface area contributed by atoms with Gasteiger partial charge in [-0.15, -0.1) is 0 Å². The Kier molecular flexibility index (Phi) is 4.69. The van der Waals surface area contributed by atoms with E-state index in [9.17, 15) is 9.90 Å². The van der Waals surface area contributed by atoms with E-state index in [4.69, 9.17) is 5.11 Å². The fourth-order valence-electron chi connectivity index (χ4n) is 2.42. The van der Waals surface area contributed by atoms with Crippen molar-refractivity contribution in [2.24, 2.45) is 0 Å². The third-order valence-corrected chi connectivity index (χ3v) is 3.92.